The third kappa shape index (κ3) is 2.44. The zero-order valence-corrected chi connectivity index (χ0v) is 11.6. The molecule has 0 saturated heterocycles. The Hall–Kier alpha value is -2.14. The minimum atomic E-state index is -0.202. The van der Waals surface area contributed by atoms with Crippen LogP contribution in [0.3, 0.4) is 0 Å². The van der Waals surface area contributed by atoms with Crippen molar-refractivity contribution in [3.63, 3.8) is 0 Å². The van der Waals surface area contributed by atoms with E-state index in [1.165, 1.54) is 0 Å². The lowest BCUT2D eigenvalue weighted by molar-refractivity contribution is 0.135. The van der Waals surface area contributed by atoms with E-state index in [0.29, 0.717) is 23.9 Å². The van der Waals surface area contributed by atoms with E-state index in [-0.39, 0.29) is 5.60 Å². The third-order valence-corrected chi connectivity index (χ3v) is 3.14. The number of ether oxygens (including phenoxy) is 2. The maximum atomic E-state index is 5.96. The molecule has 0 fully saturated rings. The zero-order valence-electron chi connectivity index (χ0n) is 11.6. The number of hydrogen-bond donors (Lipinski definition) is 1. The van der Waals surface area contributed by atoms with Gasteiger partial charge < -0.3 is 15.2 Å². The number of fused-ring (bicyclic) bond motifs is 1. The molecule has 0 aliphatic carbocycles. The fourth-order valence-corrected chi connectivity index (χ4v) is 2.31. The third-order valence-electron chi connectivity index (χ3n) is 3.14. The van der Waals surface area contributed by atoms with Crippen LogP contribution in [0.2, 0.25) is 0 Å². The molecule has 104 valence electrons. The first-order valence-electron chi connectivity index (χ1n) is 6.57. The second-order valence-electron chi connectivity index (χ2n) is 5.44. The van der Waals surface area contributed by atoms with Crippen molar-refractivity contribution in [2.75, 3.05) is 0 Å². The average molecular weight is 271 g/mol. The molecule has 1 aliphatic heterocycles. The topological polar surface area (TPSA) is 70.3 Å². The van der Waals surface area contributed by atoms with Gasteiger partial charge in [0.05, 0.1) is 11.9 Å². The van der Waals surface area contributed by atoms with Crippen LogP contribution in [0.4, 0.5) is 0 Å². The SMILES string of the molecule is CC1(C)Cc2cccc(Oc3cncc(CN)n3)c2O1. The molecular weight excluding hydrogens is 254 g/mol. The Morgan fingerprint density at radius 1 is 1.35 bits per heavy atom. The molecular formula is C15H17N3O2. The van der Waals surface area contributed by atoms with Crippen molar-refractivity contribution in [3.8, 4) is 17.4 Å². The highest BCUT2D eigenvalue weighted by molar-refractivity contribution is 5.51. The summed E-state index contributed by atoms with van der Waals surface area (Å²) in [5, 5.41) is 0. The van der Waals surface area contributed by atoms with Gasteiger partial charge in [0.1, 0.15) is 5.60 Å². The number of nitrogens with zero attached hydrogens (tertiary/aromatic N) is 2. The van der Waals surface area contributed by atoms with Crippen molar-refractivity contribution in [1.82, 2.24) is 9.97 Å². The summed E-state index contributed by atoms with van der Waals surface area (Å²) in [5.74, 6) is 1.88. The van der Waals surface area contributed by atoms with Gasteiger partial charge in [-0.25, -0.2) is 4.98 Å². The molecule has 2 N–H and O–H groups in total. The molecule has 20 heavy (non-hydrogen) atoms. The van der Waals surface area contributed by atoms with Crippen LogP contribution in [0.1, 0.15) is 25.1 Å². The van der Waals surface area contributed by atoms with E-state index >= 15 is 0 Å². The monoisotopic (exact) mass is 271 g/mol. The van der Waals surface area contributed by atoms with Gasteiger partial charge in [-0.3, -0.25) is 4.98 Å². The van der Waals surface area contributed by atoms with Crippen molar-refractivity contribution in [2.24, 2.45) is 5.73 Å². The van der Waals surface area contributed by atoms with Gasteiger partial charge >= 0.3 is 0 Å². The quantitative estimate of drug-likeness (QED) is 0.928. The Bertz CT molecular complexity index is 641. The lowest BCUT2D eigenvalue weighted by Gasteiger charge is -2.18. The van der Waals surface area contributed by atoms with Crippen LogP contribution in [0, 0.1) is 0 Å². The summed E-state index contributed by atoms with van der Waals surface area (Å²) in [7, 11) is 0. The van der Waals surface area contributed by atoms with Crippen molar-refractivity contribution in [1.29, 1.82) is 0 Å². The predicted molar refractivity (Wildman–Crippen MR) is 74.9 cm³/mol. The van der Waals surface area contributed by atoms with E-state index < -0.39 is 0 Å². The van der Waals surface area contributed by atoms with Gasteiger partial charge in [0.25, 0.3) is 0 Å². The Morgan fingerprint density at radius 2 is 2.20 bits per heavy atom. The fourth-order valence-electron chi connectivity index (χ4n) is 2.31. The molecule has 5 nitrogen and oxygen atoms in total. The highest BCUT2D eigenvalue weighted by Crippen LogP contribution is 2.42. The second-order valence-corrected chi connectivity index (χ2v) is 5.44. The molecule has 2 heterocycles. The highest BCUT2D eigenvalue weighted by Gasteiger charge is 2.32. The maximum Gasteiger partial charge on any atom is 0.238 e. The van der Waals surface area contributed by atoms with Gasteiger partial charge in [-0.2, -0.15) is 0 Å². The molecule has 0 saturated carbocycles. The molecule has 2 aromatic rings. The summed E-state index contributed by atoms with van der Waals surface area (Å²) in [6.45, 7) is 4.46. The number of hydrogen-bond acceptors (Lipinski definition) is 5. The van der Waals surface area contributed by atoms with Crippen LogP contribution in [-0.2, 0) is 13.0 Å². The van der Waals surface area contributed by atoms with Crippen molar-refractivity contribution < 1.29 is 9.47 Å². The van der Waals surface area contributed by atoms with Crippen LogP contribution in [0.15, 0.2) is 30.6 Å². The molecule has 1 aromatic heterocycles. The van der Waals surface area contributed by atoms with Gasteiger partial charge in [-0.05, 0) is 19.9 Å². The van der Waals surface area contributed by atoms with E-state index in [2.05, 4.69) is 29.9 Å². The van der Waals surface area contributed by atoms with Gasteiger partial charge in [-0.15, -0.1) is 0 Å². The summed E-state index contributed by atoms with van der Waals surface area (Å²) in [6.07, 6.45) is 4.06. The van der Waals surface area contributed by atoms with Crippen LogP contribution in [0.25, 0.3) is 0 Å². The fraction of sp³-hybridized carbons (Fsp3) is 0.333. The number of aromatic nitrogens is 2. The minimum Gasteiger partial charge on any atom is -0.483 e. The predicted octanol–water partition coefficient (Wildman–Crippen LogP) is 2.44. The summed E-state index contributed by atoms with van der Waals surface area (Å²) >= 11 is 0. The van der Waals surface area contributed by atoms with Crippen molar-refractivity contribution >= 4 is 0 Å². The molecule has 0 bridgehead atoms. The molecule has 0 unspecified atom stereocenters. The standard InChI is InChI=1S/C15H17N3O2/c1-15(2)6-10-4-3-5-12(14(10)20-15)19-13-9-17-8-11(7-16)18-13/h3-5,8-9H,6-7,16H2,1-2H3. The Morgan fingerprint density at radius 3 is 3.00 bits per heavy atom. The van der Waals surface area contributed by atoms with Crippen LogP contribution < -0.4 is 15.2 Å². The van der Waals surface area contributed by atoms with E-state index in [0.717, 1.165) is 17.7 Å². The smallest absolute Gasteiger partial charge is 0.238 e. The Labute approximate surface area is 117 Å². The van der Waals surface area contributed by atoms with Crippen molar-refractivity contribution in [2.45, 2.75) is 32.4 Å². The summed E-state index contributed by atoms with van der Waals surface area (Å²) in [6, 6.07) is 5.88. The molecule has 0 radical (unpaired) electrons. The van der Waals surface area contributed by atoms with Gasteiger partial charge in [-0.1, -0.05) is 12.1 Å². The number of para-hydroxylation sites is 1. The van der Waals surface area contributed by atoms with E-state index in [1.54, 1.807) is 12.4 Å². The second kappa shape index (κ2) is 4.76. The lowest BCUT2D eigenvalue weighted by atomic mass is 10.0. The molecule has 5 heteroatoms. The number of nitrogens with two attached hydrogens (primary N) is 1. The largest absolute Gasteiger partial charge is 0.483 e. The molecule has 0 spiro atoms. The number of benzene rings is 1. The first-order valence-corrected chi connectivity index (χ1v) is 6.57. The van der Waals surface area contributed by atoms with Crippen molar-refractivity contribution in [3.05, 3.63) is 41.9 Å². The minimum absolute atomic E-state index is 0.202. The van der Waals surface area contributed by atoms with Gasteiger partial charge in [0.15, 0.2) is 11.5 Å². The van der Waals surface area contributed by atoms with E-state index in [1.807, 2.05) is 12.1 Å². The normalized spacial score (nSPS) is 15.6. The first kappa shape index (κ1) is 12.9. The lowest BCUT2D eigenvalue weighted by Crippen LogP contribution is -2.24. The molecule has 1 aliphatic rings. The van der Waals surface area contributed by atoms with Crippen LogP contribution in [0.5, 0.6) is 17.4 Å². The van der Waals surface area contributed by atoms with E-state index in [9.17, 15) is 0 Å². The average Bonchev–Trinajstić information content (AvgIpc) is 2.74. The molecule has 1 aromatic carbocycles. The molecule has 0 atom stereocenters. The summed E-state index contributed by atoms with van der Waals surface area (Å²) in [5.41, 5.74) is 7.19. The zero-order chi connectivity index (χ0) is 14.2. The number of rotatable bonds is 3. The first-order chi connectivity index (χ1) is 9.57. The van der Waals surface area contributed by atoms with Gasteiger partial charge in [0.2, 0.25) is 5.88 Å². The van der Waals surface area contributed by atoms with Gasteiger partial charge in [0, 0.05) is 24.7 Å². The van der Waals surface area contributed by atoms with Crippen LogP contribution >= 0.6 is 0 Å². The summed E-state index contributed by atoms with van der Waals surface area (Å²) in [4.78, 5) is 8.35. The van der Waals surface area contributed by atoms with E-state index in [4.69, 9.17) is 15.2 Å². The highest BCUT2D eigenvalue weighted by atomic mass is 16.5. The Kier molecular flexibility index (Phi) is 3.06. The molecule has 0 amide bonds. The summed E-state index contributed by atoms with van der Waals surface area (Å²) < 4.78 is 11.8. The molecule has 3 rings (SSSR count). The Balaban J connectivity index is 1.91. The maximum absolute atomic E-state index is 5.96. The van der Waals surface area contributed by atoms with Crippen LogP contribution in [-0.4, -0.2) is 15.6 Å².